The zero-order valence-corrected chi connectivity index (χ0v) is 10.8. The molecule has 0 atom stereocenters. The van der Waals surface area contributed by atoms with Crippen LogP contribution >= 0.6 is 11.8 Å². The SMILES string of the molecule is CSC1(CNCC(=O)Nc2ccccc2)CC1. The maximum absolute atomic E-state index is 11.6. The number of hydrogen-bond donors (Lipinski definition) is 2. The van der Waals surface area contributed by atoms with Crippen molar-refractivity contribution < 1.29 is 4.79 Å². The fourth-order valence-electron chi connectivity index (χ4n) is 1.72. The summed E-state index contributed by atoms with van der Waals surface area (Å²) in [7, 11) is 0. The van der Waals surface area contributed by atoms with E-state index in [4.69, 9.17) is 0 Å². The Bertz CT molecular complexity index is 376. The third kappa shape index (κ3) is 3.75. The third-order valence-electron chi connectivity index (χ3n) is 3.03. The number of benzene rings is 1. The maximum atomic E-state index is 11.6. The lowest BCUT2D eigenvalue weighted by molar-refractivity contribution is -0.115. The van der Waals surface area contributed by atoms with Crippen molar-refractivity contribution in [2.24, 2.45) is 0 Å². The van der Waals surface area contributed by atoms with Gasteiger partial charge in [-0.15, -0.1) is 0 Å². The number of rotatable bonds is 6. The number of para-hydroxylation sites is 1. The lowest BCUT2D eigenvalue weighted by Crippen LogP contribution is -2.33. The van der Waals surface area contributed by atoms with E-state index in [1.54, 1.807) is 0 Å². The molecular weight excluding hydrogens is 232 g/mol. The molecule has 0 spiro atoms. The van der Waals surface area contributed by atoms with Gasteiger partial charge >= 0.3 is 0 Å². The Balaban J connectivity index is 1.68. The van der Waals surface area contributed by atoms with Gasteiger partial charge in [0.05, 0.1) is 6.54 Å². The lowest BCUT2D eigenvalue weighted by atomic mass is 10.3. The van der Waals surface area contributed by atoms with Gasteiger partial charge in [0, 0.05) is 17.0 Å². The molecule has 1 amide bonds. The summed E-state index contributed by atoms with van der Waals surface area (Å²) in [5, 5.41) is 6.08. The minimum atomic E-state index is 0.0214. The largest absolute Gasteiger partial charge is 0.325 e. The molecule has 2 rings (SSSR count). The molecule has 0 radical (unpaired) electrons. The molecule has 4 heteroatoms. The topological polar surface area (TPSA) is 41.1 Å². The maximum Gasteiger partial charge on any atom is 0.238 e. The highest BCUT2D eigenvalue weighted by molar-refractivity contribution is 8.00. The minimum Gasteiger partial charge on any atom is -0.325 e. The highest BCUT2D eigenvalue weighted by Crippen LogP contribution is 2.46. The number of carbonyl (C=O) groups excluding carboxylic acids is 1. The first-order chi connectivity index (χ1) is 8.24. The molecule has 1 fully saturated rings. The second kappa shape index (κ2) is 5.56. The average Bonchev–Trinajstić information content (AvgIpc) is 3.11. The van der Waals surface area contributed by atoms with Crippen molar-refractivity contribution in [2.75, 3.05) is 24.7 Å². The second-order valence-corrected chi connectivity index (χ2v) is 5.68. The summed E-state index contributed by atoms with van der Waals surface area (Å²) in [4.78, 5) is 11.6. The van der Waals surface area contributed by atoms with Crippen LogP contribution in [0.15, 0.2) is 30.3 Å². The second-order valence-electron chi connectivity index (χ2n) is 4.40. The number of carbonyl (C=O) groups is 1. The van der Waals surface area contributed by atoms with Crippen LogP contribution in [0.1, 0.15) is 12.8 Å². The Morgan fingerprint density at radius 1 is 1.35 bits per heavy atom. The fourth-order valence-corrected chi connectivity index (χ4v) is 2.48. The zero-order valence-electron chi connectivity index (χ0n) is 10.0. The van der Waals surface area contributed by atoms with Gasteiger partial charge in [-0.2, -0.15) is 11.8 Å². The molecule has 17 heavy (non-hydrogen) atoms. The summed E-state index contributed by atoms with van der Waals surface area (Å²) < 4.78 is 0.410. The van der Waals surface area contributed by atoms with Crippen molar-refractivity contribution in [1.82, 2.24) is 5.32 Å². The van der Waals surface area contributed by atoms with Crippen molar-refractivity contribution in [2.45, 2.75) is 17.6 Å². The van der Waals surface area contributed by atoms with Crippen LogP contribution in [0.3, 0.4) is 0 Å². The van der Waals surface area contributed by atoms with Crippen LogP contribution in [0.4, 0.5) is 5.69 Å². The molecule has 1 aromatic carbocycles. The monoisotopic (exact) mass is 250 g/mol. The van der Waals surface area contributed by atoms with Crippen molar-refractivity contribution in [3.05, 3.63) is 30.3 Å². The third-order valence-corrected chi connectivity index (χ3v) is 4.45. The molecular formula is C13H18N2OS. The Labute approximate surface area is 106 Å². The van der Waals surface area contributed by atoms with Crippen molar-refractivity contribution >= 4 is 23.4 Å². The summed E-state index contributed by atoms with van der Waals surface area (Å²) in [6.07, 6.45) is 4.67. The van der Waals surface area contributed by atoms with Gasteiger partial charge in [-0.3, -0.25) is 4.79 Å². The molecule has 1 aromatic rings. The molecule has 0 bridgehead atoms. The lowest BCUT2D eigenvalue weighted by Gasteiger charge is -2.12. The Hall–Kier alpha value is -1.00. The van der Waals surface area contributed by atoms with E-state index in [9.17, 15) is 4.79 Å². The Morgan fingerprint density at radius 3 is 2.65 bits per heavy atom. The van der Waals surface area contributed by atoms with Crippen molar-refractivity contribution in [3.8, 4) is 0 Å². The Morgan fingerprint density at radius 2 is 2.06 bits per heavy atom. The average molecular weight is 250 g/mol. The zero-order chi connectivity index (χ0) is 12.1. The van der Waals surface area contributed by atoms with Gasteiger partial charge in [-0.1, -0.05) is 18.2 Å². The minimum absolute atomic E-state index is 0.0214. The van der Waals surface area contributed by atoms with Gasteiger partial charge in [0.1, 0.15) is 0 Å². The van der Waals surface area contributed by atoms with Gasteiger partial charge in [0.25, 0.3) is 0 Å². The first kappa shape index (κ1) is 12.5. The Kier molecular flexibility index (Phi) is 4.07. The predicted molar refractivity (Wildman–Crippen MR) is 73.4 cm³/mol. The van der Waals surface area contributed by atoms with Gasteiger partial charge in [-0.05, 0) is 31.2 Å². The van der Waals surface area contributed by atoms with Crippen molar-refractivity contribution in [1.29, 1.82) is 0 Å². The number of hydrogen-bond acceptors (Lipinski definition) is 3. The molecule has 0 aromatic heterocycles. The quantitative estimate of drug-likeness (QED) is 0.812. The van der Waals surface area contributed by atoms with Gasteiger partial charge in [0.15, 0.2) is 0 Å². The summed E-state index contributed by atoms with van der Waals surface area (Å²) in [5.74, 6) is 0.0214. The van der Waals surface area contributed by atoms with Gasteiger partial charge in [0.2, 0.25) is 5.91 Å². The molecule has 0 saturated heterocycles. The molecule has 0 unspecified atom stereocenters. The van der Waals surface area contributed by atoms with Crippen LogP contribution in [-0.4, -0.2) is 30.0 Å². The molecule has 0 aliphatic heterocycles. The van der Waals surface area contributed by atoms with Crippen LogP contribution < -0.4 is 10.6 Å². The smallest absolute Gasteiger partial charge is 0.238 e. The number of thioether (sulfide) groups is 1. The summed E-state index contributed by atoms with van der Waals surface area (Å²) >= 11 is 1.90. The number of nitrogens with one attached hydrogen (secondary N) is 2. The van der Waals surface area contributed by atoms with Gasteiger partial charge in [-0.25, -0.2) is 0 Å². The first-order valence-corrected chi connectivity index (χ1v) is 7.07. The van der Waals surface area contributed by atoms with Crippen LogP contribution in [0.5, 0.6) is 0 Å². The van der Waals surface area contributed by atoms with Gasteiger partial charge < -0.3 is 10.6 Å². The summed E-state index contributed by atoms with van der Waals surface area (Å²) in [6, 6.07) is 9.54. The highest BCUT2D eigenvalue weighted by Gasteiger charge is 2.41. The molecule has 2 N–H and O–H groups in total. The highest BCUT2D eigenvalue weighted by atomic mass is 32.2. The van der Waals surface area contributed by atoms with E-state index < -0.39 is 0 Å². The molecule has 1 aliphatic carbocycles. The van der Waals surface area contributed by atoms with Crippen molar-refractivity contribution in [3.63, 3.8) is 0 Å². The molecule has 1 saturated carbocycles. The van der Waals surface area contributed by atoms with E-state index >= 15 is 0 Å². The predicted octanol–water partition coefficient (Wildman–Crippen LogP) is 2.11. The summed E-state index contributed by atoms with van der Waals surface area (Å²) in [5.41, 5.74) is 0.852. The van der Waals surface area contributed by atoms with Crippen LogP contribution in [0, 0.1) is 0 Å². The molecule has 3 nitrogen and oxygen atoms in total. The van der Waals surface area contributed by atoms with E-state index in [-0.39, 0.29) is 5.91 Å². The van der Waals surface area contributed by atoms with Crippen LogP contribution in [0.2, 0.25) is 0 Å². The normalized spacial score (nSPS) is 16.5. The van der Waals surface area contributed by atoms with E-state index in [1.807, 2.05) is 42.1 Å². The number of anilines is 1. The standard InChI is InChI=1S/C13H18N2OS/c1-17-13(7-8-13)10-14-9-12(16)15-11-5-3-2-4-6-11/h2-6,14H,7-10H2,1H3,(H,15,16). The molecule has 0 heterocycles. The van der Waals surface area contributed by atoms with E-state index in [0.29, 0.717) is 11.3 Å². The molecule has 1 aliphatic rings. The van der Waals surface area contributed by atoms with Crippen LogP contribution in [0.25, 0.3) is 0 Å². The number of amides is 1. The summed E-state index contributed by atoms with van der Waals surface area (Å²) in [6.45, 7) is 1.31. The first-order valence-electron chi connectivity index (χ1n) is 5.85. The van der Waals surface area contributed by atoms with E-state index in [0.717, 1.165) is 12.2 Å². The fraction of sp³-hybridized carbons (Fsp3) is 0.462. The van der Waals surface area contributed by atoms with Crippen LogP contribution in [-0.2, 0) is 4.79 Å². The molecule has 92 valence electrons. The van der Waals surface area contributed by atoms with E-state index in [2.05, 4.69) is 16.9 Å². The van der Waals surface area contributed by atoms with E-state index in [1.165, 1.54) is 12.8 Å².